The highest BCUT2D eigenvalue weighted by atomic mass is 35.5. The molecule has 1 amide bonds. The fourth-order valence-corrected chi connectivity index (χ4v) is 7.40. The Morgan fingerprint density at radius 1 is 0.909 bits per heavy atom. The highest BCUT2D eigenvalue weighted by Gasteiger charge is 2.45. The molecule has 2 bridgehead atoms. The monoisotopic (exact) mass is 630 g/mol. The van der Waals surface area contributed by atoms with Crippen molar-refractivity contribution < 1.29 is 14.0 Å². The zero-order valence-electron chi connectivity index (χ0n) is 27.1. The Hall–Kier alpha value is -3.36. The number of aromatic nitrogens is 2. The van der Waals surface area contributed by atoms with Gasteiger partial charge in [-0.25, -0.2) is 9.78 Å². The number of ether oxygens (including phenoxy) is 1. The molecule has 2 saturated heterocycles. The zero-order valence-corrected chi connectivity index (χ0v) is 28.8. The number of nitrogens with zero attached hydrogens (tertiary/aromatic N) is 4. The van der Waals surface area contributed by atoms with E-state index in [1.165, 1.54) is 0 Å². The van der Waals surface area contributed by atoms with Crippen LogP contribution in [0.5, 0.6) is 5.75 Å². The summed E-state index contributed by atoms with van der Waals surface area (Å²) < 4.78 is 12.5. The lowest BCUT2D eigenvalue weighted by atomic mass is 9.97. The normalized spacial score (nSPS) is 19.1. The van der Waals surface area contributed by atoms with Gasteiger partial charge in [-0.3, -0.25) is 4.90 Å². The summed E-state index contributed by atoms with van der Waals surface area (Å²) in [5, 5.41) is 3.54. The van der Waals surface area contributed by atoms with Crippen molar-refractivity contribution in [3.63, 3.8) is 0 Å². The summed E-state index contributed by atoms with van der Waals surface area (Å²) in [5.41, 5.74) is 2.41. The summed E-state index contributed by atoms with van der Waals surface area (Å²) in [6, 6.07) is 19.3. The van der Waals surface area contributed by atoms with Crippen LogP contribution in [0.15, 0.2) is 54.6 Å². The molecule has 1 aromatic heterocycles. The summed E-state index contributed by atoms with van der Waals surface area (Å²) in [6.07, 6.45) is 1.66. The van der Waals surface area contributed by atoms with Gasteiger partial charge in [0.25, 0.3) is 0 Å². The molecular weight excluding hydrogens is 588 g/mol. The molecule has 2 aliphatic rings. The third-order valence-electron chi connectivity index (χ3n) is 9.36. The Morgan fingerprint density at radius 2 is 1.59 bits per heavy atom. The van der Waals surface area contributed by atoms with Gasteiger partial charge in [0.1, 0.15) is 17.2 Å². The standard InChI is InChI=1S/C35H43ClN4O3Si/c1-34(2,3)42-33(41)40-24-14-15-25(40)21-39(20-24)31-28-16-13-23(18-30(28)37-32(36)38-31)29-19-26(43-44(7,8)35(4,5)6)17-22-11-9-10-12-27(22)29/h9-13,16-19,24-25H,14-15,20-21H2,1-8H3/t24-,25+. The van der Waals surface area contributed by atoms with Crippen molar-refractivity contribution in [2.75, 3.05) is 18.0 Å². The summed E-state index contributed by atoms with van der Waals surface area (Å²) in [6.45, 7) is 18.4. The molecule has 9 heteroatoms. The number of hydrogen-bond acceptors (Lipinski definition) is 6. The van der Waals surface area contributed by atoms with E-state index in [9.17, 15) is 4.79 Å². The zero-order chi connectivity index (χ0) is 31.6. The minimum absolute atomic E-state index is 0.0710. The van der Waals surface area contributed by atoms with Crippen molar-refractivity contribution in [1.82, 2.24) is 14.9 Å². The fraction of sp³-hybridized carbons (Fsp3) is 0.457. The van der Waals surface area contributed by atoms with Crippen molar-refractivity contribution >= 4 is 53.5 Å². The van der Waals surface area contributed by atoms with Crippen molar-refractivity contribution in [3.8, 4) is 16.9 Å². The van der Waals surface area contributed by atoms with Crippen LogP contribution in [0, 0.1) is 0 Å². The molecule has 0 aliphatic carbocycles. The molecule has 0 radical (unpaired) electrons. The molecule has 6 rings (SSSR count). The number of halogens is 1. The van der Waals surface area contributed by atoms with Gasteiger partial charge in [-0.15, -0.1) is 0 Å². The van der Waals surface area contributed by atoms with E-state index in [0.29, 0.717) is 13.1 Å². The predicted molar refractivity (Wildman–Crippen MR) is 182 cm³/mol. The average Bonchev–Trinajstić information content (AvgIpc) is 3.19. The Kier molecular flexibility index (Phi) is 7.60. The van der Waals surface area contributed by atoms with Crippen LogP contribution >= 0.6 is 11.6 Å². The highest BCUT2D eigenvalue weighted by Crippen LogP contribution is 2.41. The molecule has 0 unspecified atom stereocenters. The number of carbonyl (C=O) groups is 1. The third kappa shape index (κ3) is 5.86. The van der Waals surface area contributed by atoms with Crippen molar-refractivity contribution in [1.29, 1.82) is 0 Å². The van der Waals surface area contributed by atoms with Crippen LogP contribution in [0.2, 0.25) is 23.4 Å². The molecule has 7 nitrogen and oxygen atoms in total. The third-order valence-corrected chi connectivity index (χ3v) is 13.9. The molecule has 0 saturated carbocycles. The van der Waals surface area contributed by atoms with Gasteiger partial charge in [-0.1, -0.05) is 51.1 Å². The van der Waals surface area contributed by atoms with Crippen molar-refractivity contribution in [2.24, 2.45) is 0 Å². The first-order valence-corrected chi connectivity index (χ1v) is 18.8. The van der Waals surface area contributed by atoms with Crippen LogP contribution in [-0.4, -0.2) is 60.1 Å². The van der Waals surface area contributed by atoms with Gasteiger partial charge in [0, 0.05) is 18.5 Å². The second-order valence-corrected chi connectivity index (χ2v) is 19.8. The molecule has 4 aromatic rings. The van der Waals surface area contributed by atoms with Gasteiger partial charge in [-0.2, -0.15) is 4.98 Å². The second-order valence-electron chi connectivity index (χ2n) is 14.8. The van der Waals surface area contributed by atoms with E-state index in [-0.39, 0.29) is 28.5 Å². The molecular formula is C35H43ClN4O3Si. The SMILES string of the molecule is CC(C)(C)OC(=O)N1[C@@H]2CC[C@H]1CN(c1nc(Cl)nc3cc(-c4cc(O[Si](C)(C)C(C)(C)C)cc5ccccc45)ccc13)C2. The number of fused-ring (bicyclic) bond motifs is 4. The van der Waals surface area contributed by atoms with E-state index >= 15 is 0 Å². The van der Waals surface area contributed by atoms with Gasteiger partial charge in [-0.05, 0) is 110 Å². The Labute approximate surface area is 266 Å². The van der Waals surface area contributed by atoms with Gasteiger partial charge < -0.3 is 14.1 Å². The number of carbonyl (C=O) groups excluding carboxylic acids is 1. The number of hydrogen-bond donors (Lipinski definition) is 0. The lowest BCUT2D eigenvalue weighted by Crippen LogP contribution is -2.57. The molecule has 0 N–H and O–H groups in total. The highest BCUT2D eigenvalue weighted by molar-refractivity contribution is 6.74. The Morgan fingerprint density at radius 3 is 2.25 bits per heavy atom. The summed E-state index contributed by atoms with van der Waals surface area (Å²) >= 11 is 6.57. The van der Waals surface area contributed by atoms with Crippen molar-refractivity contribution in [3.05, 3.63) is 59.9 Å². The number of anilines is 1. The lowest BCUT2D eigenvalue weighted by molar-refractivity contribution is 0.0123. The maximum absolute atomic E-state index is 13.0. The van der Waals surface area contributed by atoms with Crippen LogP contribution in [-0.2, 0) is 4.74 Å². The summed E-state index contributed by atoms with van der Waals surface area (Å²) in [5.74, 6) is 1.71. The van der Waals surface area contributed by atoms with Crippen LogP contribution < -0.4 is 9.33 Å². The lowest BCUT2D eigenvalue weighted by Gasteiger charge is -2.42. The maximum atomic E-state index is 13.0. The minimum atomic E-state index is -2.04. The van der Waals surface area contributed by atoms with Crippen LogP contribution in [0.25, 0.3) is 32.8 Å². The smallest absolute Gasteiger partial charge is 0.410 e. The molecule has 3 heterocycles. The molecule has 44 heavy (non-hydrogen) atoms. The Balaban J connectivity index is 1.36. The first kappa shape index (κ1) is 30.7. The minimum Gasteiger partial charge on any atom is -0.543 e. The second kappa shape index (κ2) is 10.9. The van der Waals surface area contributed by atoms with E-state index in [2.05, 4.69) is 98.3 Å². The van der Waals surface area contributed by atoms with Crippen molar-refractivity contribution in [2.45, 2.75) is 90.2 Å². The van der Waals surface area contributed by atoms with Gasteiger partial charge in [0.05, 0.1) is 17.6 Å². The molecule has 2 aliphatic heterocycles. The Bertz CT molecular complexity index is 1730. The van der Waals surface area contributed by atoms with Gasteiger partial charge in [0.2, 0.25) is 13.6 Å². The van der Waals surface area contributed by atoms with Gasteiger partial charge >= 0.3 is 6.09 Å². The number of benzene rings is 3. The first-order valence-electron chi connectivity index (χ1n) is 15.6. The first-order chi connectivity index (χ1) is 20.6. The molecule has 0 spiro atoms. The molecule has 2 fully saturated rings. The van der Waals surface area contributed by atoms with E-state index in [0.717, 1.165) is 57.2 Å². The number of rotatable bonds is 4. The van der Waals surface area contributed by atoms with Crippen LogP contribution in [0.3, 0.4) is 0 Å². The molecule has 232 valence electrons. The summed E-state index contributed by atoms with van der Waals surface area (Å²) in [4.78, 5) is 26.6. The predicted octanol–water partition coefficient (Wildman–Crippen LogP) is 9.08. The van der Waals surface area contributed by atoms with E-state index in [1.54, 1.807) is 0 Å². The summed E-state index contributed by atoms with van der Waals surface area (Å²) in [7, 11) is -2.04. The number of amides is 1. The molecule has 3 aromatic carbocycles. The van der Waals surface area contributed by atoms with E-state index in [4.69, 9.17) is 25.7 Å². The van der Waals surface area contributed by atoms with E-state index in [1.807, 2.05) is 25.7 Å². The topological polar surface area (TPSA) is 67.8 Å². The van der Waals surface area contributed by atoms with Crippen LogP contribution in [0.4, 0.5) is 10.6 Å². The largest absolute Gasteiger partial charge is 0.543 e. The maximum Gasteiger partial charge on any atom is 0.410 e. The van der Waals surface area contributed by atoms with Gasteiger partial charge in [0.15, 0.2) is 0 Å². The number of piperazine rings is 1. The van der Waals surface area contributed by atoms with Crippen LogP contribution in [0.1, 0.15) is 54.4 Å². The fourth-order valence-electron chi connectivity index (χ4n) is 6.21. The van der Waals surface area contributed by atoms with E-state index < -0.39 is 13.9 Å². The quantitative estimate of drug-likeness (QED) is 0.165. The average molecular weight is 631 g/mol. The molecule has 2 atom stereocenters.